The van der Waals surface area contributed by atoms with Gasteiger partial charge in [-0.05, 0) is 41.9 Å². The maximum Gasteiger partial charge on any atom is 0.194 e. The summed E-state index contributed by atoms with van der Waals surface area (Å²) in [5.74, 6) is 0. The smallest absolute Gasteiger partial charge is 0.194 e. The summed E-state index contributed by atoms with van der Waals surface area (Å²) in [5.41, 5.74) is 0.0803. The number of hydrogen-bond donors (Lipinski definition) is 0. The van der Waals surface area contributed by atoms with Gasteiger partial charge in [-0.25, -0.2) is 0 Å². The summed E-state index contributed by atoms with van der Waals surface area (Å²) >= 11 is 0. The molecule has 1 aliphatic heterocycles. The van der Waals surface area contributed by atoms with Gasteiger partial charge in [0.25, 0.3) is 0 Å². The summed E-state index contributed by atoms with van der Waals surface area (Å²) in [6.07, 6.45) is 0. The fourth-order valence-corrected chi connectivity index (χ4v) is 14.9. The molecule has 0 saturated carbocycles. The van der Waals surface area contributed by atoms with Crippen LogP contribution in [0.2, 0.25) is 34.3 Å². The molecule has 0 aliphatic carbocycles. The Morgan fingerprint density at radius 1 is 0.792 bits per heavy atom. The average molecular weight is 369 g/mol. The Morgan fingerprint density at radius 2 is 1.17 bits per heavy atom. The number of rotatable bonds is 1. The van der Waals surface area contributed by atoms with Crippen LogP contribution in [0.1, 0.15) is 83.1 Å². The molecular formula is C20H44N2Si2. The van der Waals surface area contributed by atoms with Crippen LogP contribution in [0.5, 0.6) is 0 Å². The molecule has 1 aliphatic rings. The first-order valence-corrected chi connectivity index (χ1v) is 14.7. The van der Waals surface area contributed by atoms with E-state index < -0.39 is 16.3 Å². The van der Waals surface area contributed by atoms with Gasteiger partial charge >= 0.3 is 0 Å². The van der Waals surface area contributed by atoms with E-state index in [0.29, 0.717) is 5.04 Å². The van der Waals surface area contributed by atoms with Crippen molar-refractivity contribution in [1.82, 2.24) is 4.67 Å². The topological polar surface area (TPSA) is 15.6 Å². The van der Waals surface area contributed by atoms with Crippen LogP contribution in [0, 0.1) is 0 Å². The molecule has 0 N–H and O–H groups in total. The molecule has 0 radical (unpaired) electrons. The molecule has 1 rings (SSSR count). The molecule has 0 spiro atoms. The molecule has 24 heavy (non-hydrogen) atoms. The zero-order valence-electron chi connectivity index (χ0n) is 19.1. The van der Waals surface area contributed by atoms with Gasteiger partial charge < -0.3 is 4.67 Å². The summed E-state index contributed by atoms with van der Waals surface area (Å²) in [6, 6.07) is 1.24. The van der Waals surface area contributed by atoms with Gasteiger partial charge in [-0.1, -0.05) is 75.4 Å². The quantitative estimate of drug-likeness (QED) is 0.453. The highest BCUT2D eigenvalue weighted by Gasteiger charge is 2.64. The van der Waals surface area contributed by atoms with E-state index in [2.05, 4.69) is 101 Å². The minimum atomic E-state index is -1.89. The van der Waals surface area contributed by atoms with Crippen LogP contribution in [0.3, 0.4) is 0 Å². The van der Waals surface area contributed by atoms with Gasteiger partial charge in [0, 0.05) is 10.9 Å². The zero-order valence-corrected chi connectivity index (χ0v) is 21.1. The first-order chi connectivity index (χ1) is 10.2. The Morgan fingerprint density at radius 3 is 1.38 bits per heavy atom. The second-order valence-electron chi connectivity index (χ2n) is 12.4. The molecule has 0 amide bonds. The van der Waals surface area contributed by atoms with Gasteiger partial charge in [0.1, 0.15) is 8.07 Å². The molecule has 0 aromatic heterocycles. The molecule has 0 fully saturated rings. The first-order valence-electron chi connectivity index (χ1n) is 9.58. The lowest BCUT2D eigenvalue weighted by Crippen LogP contribution is -2.66. The molecule has 0 saturated heterocycles. The lowest BCUT2D eigenvalue weighted by molar-refractivity contribution is 0.231. The molecule has 2 nitrogen and oxygen atoms in total. The summed E-state index contributed by atoms with van der Waals surface area (Å²) in [5, 5.41) is 7.92. The molecule has 142 valence electrons. The predicted molar refractivity (Wildman–Crippen MR) is 116 cm³/mol. The van der Waals surface area contributed by atoms with Crippen LogP contribution in [0.25, 0.3) is 0 Å². The number of hydrogen-bond acceptors (Lipinski definition) is 2. The third kappa shape index (κ3) is 3.29. The van der Waals surface area contributed by atoms with E-state index >= 15 is 0 Å². The van der Waals surface area contributed by atoms with E-state index in [1.54, 1.807) is 5.33 Å². The van der Waals surface area contributed by atoms with Gasteiger partial charge in [0.2, 0.25) is 0 Å². The van der Waals surface area contributed by atoms with Crippen molar-refractivity contribution in [3.05, 3.63) is 0 Å². The Balaban J connectivity index is 3.67. The normalized spacial score (nSPS) is 20.4. The van der Waals surface area contributed by atoms with E-state index in [1.165, 1.54) is 6.04 Å². The maximum absolute atomic E-state index is 5.46. The monoisotopic (exact) mass is 368 g/mol. The second kappa shape index (κ2) is 5.70. The summed E-state index contributed by atoms with van der Waals surface area (Å²) < 4.78 is 2.63. The Labute approximate surface area is 154 Å². The Kier molecular flexibility index (Phi) is 5.21. The molecule has 4 heteroatoms. The molecule has 0 aromatic rings. The number of nitrogens with zero attached hydrogens (tertiary/aromatic N) is 2. The van der Waals surface area contributed by atoms with E-state index in [4.69, 9.17) is 5.10 Å². The zero-order chi connectivity index (χ0) is 19.6. The summed E-state index contributed by atoms with van der Waals surface area (Å²) in [7, 11) is -3.48. The second-order valence-corrected chi connectivity index (χ2v) is 23.3. The third-order valence-corrected chi connectivity index (χ3v) is 19.8. The maximum atomic E-state index is 5.46. The van der Waals surface area contributed by atoms with Crippen LogP contribution < -0.4 is 0 Å². The predicted octanol–water partition coefficient (Wildman–Crippen LogP) is 7.05. The summed E-state index contributed by atoms with van der Waals surface area (Å²) in [4.78, 5) is 0. The lowest BCUT2D eigenvalue weighted by atomic mass is 10.1. The van der Waals surface area contributed by atoms with Crippen molar-refractivity contribution in [2.24, 2.45) is 5.10 Å². The van der Waals surface area contributed by atoms with Gasteiger partial charge in [0.15, 0.2) is 8.24 Å². The first kappa shape index (κ1) is 21.9. The van der Waals surface area contributed by atoms with Crippen molar-refractivity contribution in [1.29, 1.82) is 0 Å². The average Bonchev–Trinajstić information content (AvgIpc) is 2.66. The fourth-order valence-electron chi connectivity index (χ4n) is 4.35. The van der Waals surface area contributed by atoms with Gasteiger partial charge in [0.05, 0.1) is 0 Å². The highest BCUT2D eigenvalue weighted by atomic mass is 28.3. The van der Waals surface area contributed by atoms with E-state index in [1.807, 2.05) is 0 Å². The largest absolute Gasteiger partial charge is 0.318 e. The van der Waals surface area contributed by atoms with Crippen LogP contribution in [0.4, 0.5) is 0 Å². The highest BCUT2D eigenvalue weighted by Crippen LogP contribution is 2.60. The fraction of sp³-hybridized carbons (Fsp3) is 0.950. The van der Waals surface area contributed by atoms with Gasteiger partial charge in [-0.2, -0.15) is 5.10 Å². The van der Waals surface area contributed by atoms with E-state index in [0.717, 1.165) is 0 Å². The number of hydrazone groups is 1. The molecule has 0 unspecified atom stereocenters. The summed E-state index contributed by atoms with van der Waals surface area (Å²) in [6.45, 7) is 34.2. The van der Waals surface area contributed by atoms with E-state index in [9.17, 15) is 0 Å². The Bertz CT molecular complexity index is 492. The van der Waals surface area contributed by atoms with E-state index in [-0.39, 0.29) is 15.6 Å². The molecule has 0 atom stereocenters. The van der Waals surface area contributed by atoms with Crippen molar-refractivity contribution >= 4 is 21.6 Å². The molecule has 0 aromatic carbocycles. The van der Waals surface area contributed by atoms with Crippen molar-refractivity contribution in [2.45, 2.75) is 123 Å². The van der Waals surface area contributed by atoms with Crippen LogP contribution in [-0.4, -0.2) is 31.9 Å². The standard InChI is InChI=1S/C20H44N2Si2/c1-17(2,3)22-21-16(23(13,14)18(4,5)6)15-24(22,19(7,8)9)20(10,11)12/h15H2,1-14H3. The SMILES string of the molecule is CC(C)(C)N1N=C([Si](C)(C)C(C)(C)C)C[Si]1(C(C)(C)C)C(C)(C)C. The van der Waals surface area contributed by atoms with Crippen LogP contribution in [0.15, 0.2) is 5.10 Å². The molecule has 0 bridgehead atoms. The lowest BCUT2D eigenvalue weighted by Gasteiger charge is -2.57. The van der Waals surface area contributed by atoms with Gasteiger partial charge in [-0.3, -0.25) is 0 Å². The highest BCUT2D eigenvalue weighted by molar-refractivity contribution is 7.11. The van der Waals surface area contributed by atoms with Crippen molar-refractivity contribution < 1.29 is 0 Å². The molecule has 1 heterocycles. The van der Waals surface area contributed by atoms with Crippen LogP contribution in [-0.2, 0) is 0 Å². The minimum absolute atomic E-state index is 0.0803. The minimum Gasteiger partial charge on any atom is -0.318 e. The molecular weight excluding hydrogens is 324 g/mol. The Hall–Kier alpha value is -0.0962. The third-order valence-electron chi connectivity index (χ3n) is 6.72. The van der Waals surface area contributed by atoms with Crippen molar-refractivity contribution in [3.63, 3.8) is 0 Å². The van der Waals surface area contributed by atoms with Crippen molar-refractivity contribution in [2.75, 3.05) is 0 Å². The van der Waals surface area contributed by atoms with Crippen molar-refractivity contribution in [3.8, 4) is 0 Å². The van der Waals surface area contributed by atoms with Gasteiger partial charge in [-0.15, -0.1) is 0 Å². The van der Waals surface area contributed by atoms with Crippen LogP contribution >= 0.6 is 0 Å².